The van der Waals surface area contributed by atoms with Crippen molar-refractivity contribution in [1.82, 2.24) is 0 Å². The predicted octanol–water partition coefficient (Wildman–Crippen LogP) is 8.29. The lowest BCUT2D eigenvalue weighted by Gasteiger charge is -2.59. The summed E-state index contributed by atoms with van der Waals surface area (Å²) in [6.45, 7) is 16.9. The van der Waals surface area contributed by atoms with Gasteiger partial charge < -0.3 is 9.53 Å². The molecule has 1 aromatic heterocycles. The third kappa shape index (κ3) is 3.52. The Hall–Kier alpha value is -0.423. The molecule has 7 atom stereocenters. The lowest BCUT2D eigenvalue weighted by atomic mass is 9.47. The molecule has 1 N–H and O–H groups in total. The van der Waals surface area contributed by atoms with E-state index in [-0.39, 0.29) is 10.5 Å². The maximum absolute atomic E-state index is 12.0. The molecule has 5 rings (SSSR count). The van der Waals surface area contributed by atoms with Crippen molar-refractivity contribution < 1.29 is 9.53 Å². The Morgan fingerprint density at radius 2 is 1.79 bits per heavy atom. The number of allylic oxidation sites excluding steroid dienone is 1. The molecule has 3 fully saturated rings. The van der Waals surface area contributed by atoms with Crippen molar-refractivity contribution in [3.63, 3.8) is 0 Å². The fraction of sp³-hybridized carbons (Fsp3) is 0.793. The van der Waals surface area contributed by atoms with Crippen molar-refractivity contribution in [1.29, 1.82) is 0 Å². The van der Waals surface area contributed by atoms with Gasteiger partial charge in [0.15, 0.2) is 8.32 Å². The molecule has 1 aromatic rings. The van der Waals surface area contributed by atoms with Crippen molar-refractivity contribution in [2.75, 3.05) is 0 Å². The van der Waals surface area contributed by atoms with E-state index >= 15 is 0 Å². The van der Waals surface area contributed by atoms with E-state index in [2.05, 4.69) is 71.3 Å². The fourth-order valence-corrected chi connectivity index (χ4v) is 10.6. The highest BCUT2D eigenvalue weighted by molar-refractivity contribution is 7.10. The molecule has 0 spiro atoms. The molecule has 0 aliphatic heterocycles. The van der Waals surface area contributed by atoms with E-state index < -0.39 is 13.9 Å². The first-order valence-corrected chi connectivity index (χ1v) is 17.2. The molecule has 0 aromatic carbocycles. The lowest BCUT2D eigenvalue weighted by molar-refractivity contribution is -0.127. The number of rotatable bonds is 3. The minimum absolute atomic E-state index is 0.0172. The molecule has 33 heavy (non-hydrogen) atoms. The van der Waals surface area contributed by atoms with Crippen LogP contribution >= 0.6 is 11.3 Å². The van der Waals surface area contributed by atoms with Crippen LogP contribution in [0, 0.1) is 28.6 Å². The molecule has 0 bridgehead atoms. The molecular formula is C29H46O2SSi. The summed E-state index contributed by atoms with van der Waals surface area (Å²) in [5.74, 6) is 2.14. The molecule has 1 heterocycles. The van der Waals surface area contributed by atoms with Crippen molar-refractivity contribution in [3.05, 3.63) is 34.0 Å². The molecule has 0 unspecified atom stereocenters. The van der Waals surface area contributed by atoms with E-state index in [0.29, 0.717) is 17.4 Å². The highest BCUT2D eigenvalue weighted by Crippen LogP contribution is 2.69. The minimum atomic E-state index is -1.73. The number of thiophene rings is 1. The van der Waals surface area contributed by atoms with Gasteiger partial charge in [-0.1, -0.05) is 52.3 Å². The molecule has 0 saturated heterocycles. The van der Waals surface area contributed by atoms with Crippen LogP contribution < -0.4 is 0 Å². The highest BCUT2D eigenvalue weighted by Gasteiger charge is 2.64. The number of hydrogen-bond acceptors (Lipinski definition) is 3. The molecule has 2 nitrogen and oxygen atoms in total. The van der Waals surface area contributed by atoms with Crippen molar-refractivity contribution >= 4 is 19.7 Å². The average molecular weight is 487 g/mol. The van der Waals surface area contributed by atoms with Crippen molar-refractivity contribution in [3.8, 4) is 0 Å². The second-order valence-electron chi connectivity index (χ2n) is 13.8. The maximum Gasteiger partial charge on any atom is 0.192 e. The first-order chi connectivity index (χ1) is 15.3. The van der Waals surface area contributed by atoms with E-state index in [4.69, 9.17) is 4.43 Å². The van der Waals surface area contributed by atoms with Crippen LogP contribution in [0.2, 0.25) is 18.1 Å². The summed E-state index contributed by atoms with van der Waals surface area (Å²) in [6, 6.07) is 4.29. The summed E-state index contributed by atoms with van der Waals surface area (Å²) in [5, 5.41) is 14.4. The van der Waals surface area contributed by atoms with Gasteiger partial charge in [-0.05, 0) is 104 Å². The number of aliphatic hydroxyl groups is 1. The van der Waals surface area contributed by atoms with Gasteiger partial charge in [0.25, 0.3) is 0 Å². The van der Waals surface area contributed by atoms with Crippen LogP contribution in [0.25, 0.3) is 0 Å². The summed E-state index contributed by atoms with van der Waals surface area (Å²) < 4.78 is 6.89. The number of hydrogen-bond donors (Lipinski definition) is 1. The van der Waals surface area contributed by atoms with Gasteiger partial charge in [0.05, 0.1) is 0 Å². The lowest BCUT2D eigenvalue weighted by Crippen LogP contribution is -2.54. The normalized spacial score (nSPS) is 43.5. The molecular weight excluding hydrogens is 440 g/mol. The van der Waals surface area contributed by atoms with Gasteiger partial charge in [-0.15, -0.1) is 11.3 Å². The van der Waals surface area contributed by atoms with Gasteiger partial charge in [-0.3, -0.25) is 0 Å². The predicted molar refractivity (Wildman–Crippen MR) is 142 cm³/mol. The summed E-state index contributed by atoms with van der Waals surface area (Å²) in [5.41, 5.74) is 1.43. The van der Waals surface area contributed by atoms with Gasteiger partial charge in [0.1, 0.15) is 5.60 Å². The van der Waals surface area contributed by atoms with Crippen molar-refractivity contribution in [2.24, 2.45) is 28.6 Å². The van der Waals surface area contributed by atoms with Gasteiger partial charge in [-0.2, -0.15) is 0 Å². The average Bonchev–Trinajstić information content (AvgIpc) is 3.35. The van der Waals surface area contributed by atoms with E-state index in [1.54, 1.807) is 16.9 Å². The second kappa shape index (κ2) is 7.79. The molecule has 4 aliphatic rings. The van der Waals surface area contributed by atoms with Crippen LogP contribution in [0.15, 0.2) is 29.2 Å². The SMILES string of the molecule is CC(C)(C)[Si](C)(C)O[C@H]1CC[C@@]2(C)C(=CC[C@@H]3[C@@H]2CC[C@@]2(C)[C@H]3CC[C@@]2(O)c2cccs2)C1. The van der Waals surface area contributed by atoms with E-state index in [0.717, 1.165) is 24.7 Å². The third-order valence-corrected chi connectivity index (χ3v) is 17.0. The largest absolute Gasteiger partial charge is 0.414 e. The van der Waals surface area contributed by atoms with Gasteiger partial charge in [-0.25, -0.2) is 0 Å². The van der Waals surface area contributed by atoms with E-state index in [1.165, 1.54) is 43.4 Å². The molecule has 4 heteroatoms. The summed E-state index contributed by atoms with van der Waals surface area (Å²) in [7, 11) is -1.73. The third-order valence-electron chi connectivity index (χ3n) is 11.4. The monoisotopic (exact) mass is 486 g/mol. The topological polar surface area (TPSA) is 29.5 Å². The molecule has 0 amide bonds. The Labute approximate surface area is 207 Å². The minimum Gasteiger partial charge on any atom is -0.414 e. The van der Waals surface area contributed by atoms with Crippen LogP contribution in [0.3, 0.4) is 0 Å². The molecule has 3 saturated carbocycles. The quantitative estimate of drug-likeness (QED) is 0.344. The van der Waals surface area contributed by atoms with Gasteiger partial charge >= 0.3 is 0 Å². The zero-order valence-electron chi connectivity index (χ0n) is 22.0. The molecule has 0 radical (unpaired) electrons. The Balaban J connectivity index is 1.38. The van der Waals surface area contributed by atoms with E-state index in [1.807, 2.05) is 0 Å². The summed E-state index contributed by atoms with van der Waals surface area (Å²) >= 11 is 1.75. The highest BCUT2D eigenvalue weighted by atomic mass is 32.1. The summed E-state index contributed by atoms with van der Waals surface area (Å²) in [6.07, 6.45) is 12.4. The van der Waals surface area contributed by atoms with Gasteiger partial charge in [0.2, 0.25) is 0 Å². The fourth-order valence-electron chi connectivity index (χ4n) is 8.26. The van der Waals surface area contributed by atoms with Crippen LogP contribution in [-0.4, -0.2) is 19.5 Å². The smallest absolute Gasteiger partial charge is 0.192 e. The van der Waals surface area contributed by atoms with E-state index in [9.17, 15) is 5.11 Å². The zero-order chi connectivity index (χ0) is 23.9. The van der Waals surface area contributed by atoms with Crippen LogP contribution in [-0.2, 0) is 10.0 Å². The second-order valence-corrected chi connectivity index (χ2v) is 19.5. The Bertz CT molecular complexity index is 915. The Morgan fingerprint density at radius 3 is 2.45 bits per heavy atom. The maximum atomic E-state index is 12.0. The van der Waals surface area contributed by atoms with Crippen molar-refractivity contribution in [2.45, 2.75) is 116 Å². The Morgan fingerprint density at radius 1 is 1.06 bits per heavy atom. The van der Waals surface area contributed by atoms with Crippen LogP contribution in [0.4, 0.5) is 0 Å². The molecule has 4 aliphatic carbocycles. The van der Waals surface area contributed by atoms with Crippen LogP contribution in [0.5, 0.6) is 0 Å². The van der Waals surface area contributed by atoms with Gasteiger partial charge in [0, 0.05) is 16.4 Å². The Kier molecular flexibility index (Phi) is 5.73. The number of fused-ring (bicyclic) bond motifs is 5. The first-order valence-electron chi connectivity index (χ1n) is 13.5. The summed E-state index contributed by atoms with van der Waals surface area (Å²) in [4.78, 5) is 1.20. The standard InChI is InChI=1S/C29H46O2SSi/c1-26(2,3)33(6,7)31-21-12-15-27(4)20(19-21)10-11-22-23(27)13-16-28(5)24(22)14-17-29(28,30)25-9-8-18-32-25/h8-10,18,21-24,30H,11-17,19H2,1-7H3/t21-,22+,23-,24-,27-,28-,29+/m0/s1. The molecule has 184 valence electrons. The first kappa shape index (κ1) is 24.3. The van der Waals surface area contributed by atoms with Crippen LogP contribution in [0.1, 0.15) is 90.9 Å². The zero-order valence-corrected chi connectivity index (χ0v) is 23.9.